The number of hydrogen-bond donors (Lipinski definition) is 2. The van der Waals surface area contributed by atoms with Crippen molar-refractivity contribution in [1.82, 2.24) is 9.55 Å². The normalized spacial score (nSPS) is 15.0. The fraction of sp³-hybridized carbons (Fsp3) is 0.333. The summed E-state index contributed by atoms with van der Waals surface area (Å²) in [5, 5.41) is 12.3. The topological polar surface area (TPSA) is 76.4 Å². The molecule has 110 valence electrons. The van der Waals surface area contributed by atoms with Gasteiger partial charge in [-0.3, -0.25) is 0 Å². The fourth-order valence-corrected chi connectivity index (χ4v) is 2.98. The maximum atomic E-state index is 8.70. The number of aromatic nitrogens is 2. The minimum absolute atomic E-state index is 0.0588. The van der Waals surface area contributed by atoms with Gasteiger partial charge in [0.25, 0.3) is 0 Å². The number of rotatable bonds is 3. The zero-order chi connectivity index (χ0) is 14.8. The average molecular weight is 305 g/mol. The molecule has 3 rings (SSSR count). The summed E-state index contributed by atoms with van der Waals surface area (Å²) in [5.41, 5.74) is 9.70. The molecule has 0 bridgehead atoms. The second kappa shape index (κ2) is 5.77. The van der Waals surface area contributed by atoms with Gasteiger partial charge in [0.15, 0.2) is 5.84 Å². The van der Waals surface area contributed by atoms with Crippen molar-refractivity contribution in [3.63, 3.8) is 0 Å². The van der Waals surface area contributed by atoms with Crippen molar-refractivity contribution in [2.24, 2.45) is 10.9 Å². The number of amidine groups is 1. The monoisotopic (exact) mass is 304 g/mol. The van der Waals surface area contributed by atoms with Crippen LogP contribution in [0.25, 0.3) is 0 Å². The van der Waals surface area contributed by atoms with Crippen LogP contribution in [0.3, 0.4) is 0 Å². The van der Waals surface area contributed by atoms with Gasteiger partial charge < -0.3 is 15.5 Å². The molecule has 0 fully saturated rings. The van der Waals surface area contributed by atoms with Gasteiger partial charge in [-0.25, -0.2) is 4.98 Å². The van der Waals surface area contributed by atoms with Crippen molar-refractivity contribution in [1.29, 1.82) is 0 Å². The summed E-state index contributed by atoms with van der Waals surface area (Å²) in [6.07, 6.45) is 6.48. The minimum atomic E-state index is 0.0588. The Morgan fingerprint density at radius 1 is 1.38 bits per heavy atom. The van der Waals surface area contributed by atoms with Crippen molar-refractivity contribution >= 4 is 17.4 Å². The molecule has 0 saturated carbocycles. The molecule has 1 aliphatic carbocycles. The van der Waals surface area contributed by atoms with Crippen LogP contribution >= 0.6 is 11.6 Å². The number of nitrogens with zero attached hydrogens (tertiary/aromatic N) is 3. The van der Waals surface area contributed by atoms with E-state index < -0.39 is 0 Å². The minimum Gasteiger partial charge on any atom is -0.409 e. The Hall–Kier alpha value is -2.01. The molecule has 3 N–H and O–H groups in total. The van der Waals surface area contributed by atoms with Crippen LogP contribution in [0, 0.1) is 0 Å². The fourth-order valence-electron chi connectivity index (χ4n) is 2.74. The van der Waals surface area contributed by atoms with Gasteiger partial charge in [0.05, 0.1) is 18.6 Å². The highest BCUT2D eigenvalue weighted by Crippen LogP contribution is 2.23. The second-order valence-corrected chi connectivity index (χ2v) is 5.67. The van der Waals surface area contributed by atoms with Crippen molar-refractivity contribution in [3.05, 3.63) is 52.1 Å². The molecular weight excluding hydrogens is 288 g/mol. The first-order chi connectivity index (χ1) is 10.2. The molecule has 0 spiro atoms. The van der Waals surface area contributed by atoms with Gasteiger partial charge in [-0.2, -0.15) is 0 Å². The van der Waals surface area contributed by atoms with Gasteiger partial charge in [0.1, 0.15) is 0 Å². The van der Waals surface area contributed by atoms with E-state index in [9.17, 15) is 0 Å². The Bertz CT molecular complexity index is 693. The van der Waals surface area contributed by atoms with Crippen LogP contribution in [0.4, 0.5) is 0 Å². The Morgan fingerprint density at radius 3 is 2.95 bits per heavy atom. The van der Waals surface area contributed by atoms with Crippen LogP contribution in [-0.2, 0) is 19.4 Å². The van der Waals surface area contributed by atoms with Gasteiger partial charge in [-0.1, -0.05) is 28.9 Å². The van der Waals surface area contributed by atoms with E-state index in [4.69, 9.17) is 22.5 Å². The van der Waals surface area contributed by atoms with Crippen molar-refractivity contribution in [3.8, 4) is 0 Å². The van der Waals surface area contributed by atoms with Gasteiger partial charge in [-0.05, 0) is 37.3 Å². The average Bonchev–Trinajstić information content (AvgIpc) is 2.92. The molecule has 0 amide bonds. The number of hydrogen-bond acceptors (Lipinski definition) is 3. The molecule has 6 heteroatoms. The molecular formula is C15H17ClN4O. The maximum absolute atomic E-state index is 8.70. The number of imidazole rings is 1. The van der Waals surface area contributed by atoms with Gasteiger partial charge in [0.2, 0.25) is 0 Å². The summed E-state index contributed by atoms with van der Waals surface area (Å²) in [6.45, 7) is 0.692. The van der Waals surface area contributed by atoms with Crippen LogP contribution in [0.5, 0.6) is 0 Å². The lowest BCUT2D eigenvalue weighted by Gasteiger charge is -2.15. The first kappa shape index (κ1) is 13.9. The highest BCUT2D eigenvalue weighted by Gasteiger charge is 2.16. The molecule has 1 heterocycles. The SMILES string of the molecule is N/C(=N/O)c1ccc(Cn2cnc3c2CCCC3)c(Cl)c1. The van der Waals surface area contributed by atoms with E-state index in [-0.39, 0.29) is 5.84 Å². The summed E-state index contributed by atoms with van der Waals surface area (Å²) in [7, 11) is 0. The molecule has 2 aromatic rings. The molecule has 21 heavy (non-hydrogen) atoms. The van der Waals surface area contributed by atoms with E-state index in [1.165, 1.54) is 24.2 Å². The second-order valence-electron chi connectivity index (χ2n) is 5.26. The van der Waals surface area contributed by atoms with E-state index in [0.717, 1.165) is 18.4 Å². The molecule has 1 aliphatic rings. The molecule has 5 nitrogen and oxygen atoms in total. The number of nitrogens with two attached hydrogens (primary N) is 1. The largest absolute Gasteiger partial charge is 0.409 e. The van der Waals surface area contributed by atoms with Crippen LogP contribution in [0.2, 0.25) is 5.02 Å². The molecule has 1 aromatic carbocycles. The number of halogens is 1. The predicted molar refractivity (Wildman–Crippen MR) is 81.9 cm³/mol. The van der Waals surface area contributed by atoms with Gasteiger partial charge in [0, 0.05) is 16.3 Å². The highest BCUT2D eigenvalue weighted by atomic mass is 35.5. The zero-order valence-corrected chi connectivity index (χ0v) is 12.3. The van der Waals surface area contributed by atoms with Crippen LogP contribution in [0.15, 0.2) is 29.7 Å². The lowest BCUT2D eigenvalue weighted by Crippen LogP contribution is -2.13. The van der Waals surface area contributed by atoms with E-state index in [0.29, 0.717) is 17.1 Å². The molecule has 0 unspecified atom stereocenters. The summed E-state index contributed by atoms with van der Waals surface area (Å²) in [5.74, 6) is 0.0588. The summed E-state index contributed by atoms with van der Waals surface area (Å²) in [4.78, 5) is 4.49. The zero-order valence-electron chi connectivity index (χ0n) is 11.6. The number of aryl methyl sites for hydroxylation is 1. The van der Waals surface area contributed by atoms with E-state index in [1.807, 2.05) is 12.4 Å². The first-order valence-electron chi connectivity index (χ1n) is 6.98. The predicted octanol–water partition coefficient (Wildman–Crippen LogP) is 2.56. The van der Waals surface area contributed by atoms with Crippen molar-refractivity contribution in [2.45, 2.75) is 32.2 Å². The van der Waals surface area contributed by atoms with Crippen LogP contribution in [0.1, 0.15) is 35.4 Å². The molecule has 0 saturated heterocycles. The van der Waals surface area contributed by atoms with Gasteiger partial charge in [-0.15, -0.1) is 0 Å². The van der Waals surface area contributed by atoms with E-state index >= 15 is 0 Å². The summed E-state index contributed by atoms with van der Waals surface area (Å²) in [6, 6.07) is 5.43. The smallest absolute Gasteiger partial charge is 0.170 e. The Labute approximate surface area is 128 Å². The summed E-state index contributed by atoms with van der Waals surface area (Å²) < 4.78 is 2.17. The Morgan fingerprint density at radius 2 is 2.19 bits per heavy atom. The maximum Gasteiger partial charge on any atom is 0.170 e. The van der Waals surface area contributed by atoms with Crippen LogP contribution < -0.4 is 5.73 Å². The Kier molecular flexibility index (Phi) is 3.84. The molecule has 0 atom stereocenters. The third-order valence-corrected chi connectivity index (χ3v) is 4.26. The standard InChI is InChI=1S/C15H17ClN4O/c16-12-7-10(15(17)19-21)5-6-11(12)8-20-9-18-13-3-1-2-4-14(13)20/h5-7,9,21H,1-4,8H2,(H2,17,19). The Balaban J connectivity index is 1.87. The summed E-state index contributed by atoms with van der Waals surface area (Å²) >= 11 is 6.30. The highest BCUT2D eigenvalue weighted by molar-refractivity contribution is 6.31. The van der Waals surface area contributed by atoms with Crippen molar-refractivity contribution < 1.29 is 5.21 Å². The lowest BCUT2D eigenvalue weighted by molar-refractivity contribution is 0.318. The first-order valence-corrected chi connectivity index (χ1v) is 7.36. The van der Waals surface area contributed by atoms with E-state index in [2.05, 4.69) is 14.7 Å². The number of fused-ring (bicyclic) bond motifs is 1. The molecule has 0 aliphatic heterocycles. The molecule has 1 aromatic heterocycles. The van der Waals surface area contributed by atoms with Crippen LogP contribution in [-0.4, -0.2) is 20.6 Å². The number of benzene rings is 1. The third-order valence-electron chi connectivity index (χ3n) is 3.91. The molecule has 0 radical (unpaired) electrons. The number of oxime groups is 1. The lowest BCUT2D eigenvalue weighted by atomic mass is 10.0. The quantitative estimate of drug-likeness (QED) is 0.396. The van der Waals surface area contributed by atoms with Crippen molar-refractivity contribution in [2.75, 3.05) is 0 Å². The van der Waals surface area contributed by atoms with Gasteiger partial charge >= 0.3 is 0 Å². The van der Waals surface area contributed by atoms with E-state index in [1.54, 1.807) is 12.1 Å². The third kappa shape index (κ3) is 2.74.